The molecular weight excluding hydrogens is 294 g/mol. The Bertz CT molecular complexity index is 765. The molecule has 0 aliphatic rings. The van der Waals surface area contributed by atoms with Gasteiger partial charge in [0.1, 0.15) is 17.1 Å². The van der Waals surface area contributed by atoms with Gasteiger partial charge >= 0.3 is 0 Å². The van der Waals surface area contributed by atoms with E-state index in [0.717, 1.165) is 29.7 Å². The highest BCUT2D eigenvalue weighted by atomic mass is 16.2. The first-order chi connectivity index (χ1) is 11.1. The van der Waals surface area contributed by atoms with Crippen molar-refractivity contribution in [1.82, 2.24) is 34.4 Å². The van der Waals surface area contributed by atoms with E-state index >= 15 is 0 Å². The van der Waals surface area contributed by atoms with Crippen molar-refractivity contribution in [3.05, 3.63) is 30.6 Å². The molecule has 0 aliphatic heterocycles. The number of aryl methyl sites for hydroxylation is 3. The van der Waals surface area contributed by atoms with Crippen LogP contribution in [-0.4, -0.2) is 41.6 Å². The van der Waals surface area contributed by atoms with Crippen LogP contribution in [0.15, 0.2) is 24.9 Å². The lowest BCUT2D eigenvalue weighted by molar-refractivity contribution is -0.124. The van der Waals surface area contributed by atoms with Crippen molar-refractivity contribution in [3.63, 3.8) is 0 Å². The Morgan fingerprint density at radius 1 is 1.39 bits per heavy atom. The minimum Gasteiger partial charge on any atom is -0.354 e. The number of hydrogen-bond donors (Lipinski definition) is 1. The molecule has 0 aliphatic carbocycles. The quantitative estimate of drug-likeness (QED) is 0.689. The predicted octanol–water partition coefficient (Wildman–Crippen LogP) is 1.04. The van der Waals surface area contributed by atoms with Gasteiger partial charge in [-0.2, -0.15) is 10.2 Å². The molecule has 0 bridgehead atoms. The van der Waals surface area contributed by atoms with Gasteiger partial charge in [-0.1, -0.05) is 0 Å². The lowest BCUT2D eigenvalue weighted by Gasteiger charge is -2.12. The van der Waals surface area contributed by atoms with Crippen LogP contribution in [0.1, 0.15) is 25.1 Å². The van der Waals surface area contributed by atoms with E-state index in [9.17, 15) is 4.79 Å². The number of nitrogens with one attached hydrogen (secondary N) is 1. The number of hydrogen-bond acceptors (Lipinski definition) is 4. The summed E-state index contributed by atoms with van der Waals surface area (Å²) in [6.45, 7) is 5.23. The Hall–Kier alpha value is -2.64. The molecule has 3 aromatic rings. The number of fused-ring (bicyclic) bond motifs is 1. The number of aromatic nitrogens is 6. The fourth-order valence-corrected chi connectivity index (χ4v) is 2.56. The third kappa shape index (κ3) is 3.10. The Morgan fingerprint density at radius 3 is 2.91 bits per heavy atom. The van der Waals surface area contributed by atoms with Gasteiger partial charge in [-0.05, 0) is 20.3 Å². The van der Waals surface area contributed by atoms with E-state index in [1.165, 1.54) is 0 Å². The maximum atomic E-state index is 12.3. The first kappa shape index (κ1) is 15.3. The highest BCUT2D eigenvalue weighted by molar-refractivity contribution is 5.81. The van der Waals surface area contributed by atoms with Crippen LogP contribution in [0.2, 0.25) is 0 Å². The first-order valence-corrected chi connectivity index (χ1v) is 7.68. The molecule has 0 unspecified atom stereocenters. The monoisotopic (exact) mass is 315 g/mol. The molecule has 1 N–H and O–H groups in total. The van der Waals surface area contributed by atoms with Crippen molar-refractivity contribution in [1.29, 1.82) is 0 Å². The predicted molar refractivity (Wildman–Crippen MR) is 85.8 cm³/mol. The van der Waals surface area contributed by atoms with Crippen LogP contribution < -0.4 is 5.32 Å². The second kappa shape index (κ2) is 6.23. The third-order valence-electron chi connectivity index (χ3n) is 3.93. The number of nitrogens with zero attached hydrogens (tertiary/aromatic N) is 6. The summed E-state index contributed by atoms with van der Waals surface area (Å²) in [4.78, 5) is 16.3. The van der Waals surface area contributed by atoms with E-state index in [1.54, 1.807) is 21.9 Å². The maximum absolute atomic E-state index is 12.3. The summed E-state index contributed by atoms with van der Waals surface area (Å²) in [7, 11) is 1.88. The SMILES string of the molecule is Cc1nn(C)c2cn([C@H](C)C(=O)NCCCn3ccnc3)nc12. The fraction of sp³-hybridized carbons (Fsp3) is 0.467. The molecule has 0 saturated heterocycles. The zero-order valence-corrected chi connectivity index (χ0v) is 13.6. The van der Waals surface area contributed by atoms with E-state index in [2.05, 4.69) is 20.5 Å². The molecule has 0 saturated carbocycles. The molecule has 0 aromatic carbocycles. The highest BCUT2D eigenvalue weighted by Crippen LogP contribution is 2.17. The zero-order valence-electron chi connectivity index (χ0n) is 13.6. The van der Waals surface area contributed by atoms with Crippen LogP contribution in [0.5, 0.6) is 0 Å². The fourth-order valence-electron chi connectivity index (χ4n) is 2.56. The smallest absolute Gasteiger partial charge is 0.244 e. The average molecular weight is 315 g/mol. The molecule has 3 aromatic heterocycles. The topological polar surface area (TPSA) is 82.6 Å². The van der Waals surface area contributed by atoms with Gasteiger partial charge in [0.05, 0.1) is 18.2 Å². The number of imidazole rings is 1. The zero-order chi connectivity index (χ0) is 16.4. The summed E-state index contributed by atoms with van der Waals surface area (Å²) < 4.78 is 5.47. The maximum Gasteiger partial charge on any atom is 0.244 e. The molecular formula is C15H21N7O. The van der Waals surface area contributed by atoms with Crippen LogP contribution in [0.25, 0.3) is 11.0 Å². The normalized spacial score (nSPS) is 12.7. The van der Waals surface area contributed by atoms with E-state index in [-0.39, 0.29) is 11.9 Å². The number of carbonyl (C=O) groups is 1. The average Bonchev–Trinajstić information content (AvgIpc) is 3.23. The minimum absolute atomic E-state index is 0.0333. The van der Waals surface area contributed by atoms with Gasteiger partial charge in [-0.15, -0.1) is 0 Å². The number of rotatable bonds is 6. The molecule has 1 amide bonds. The summed E-state index contributed by atoms with van der Waals surface area (Å²) in [5.74, 6) is -0.0333. The molecule has 23 heavy (non-hydrogen) atoms. The van der Waals surface area contributed by atoms with E-state index in [0.29, 0.717) is 6.54 Å². The molecule has 8 nitrogen and oxygen atoms in total. The first-order valence-electron chi connectivity index (χ1n) is 7.68. The minimum atomic E-state index is -0.352. The Kier molecular flexibility index (Phi) is 4.14. The molecule has 0 radical (unpaired) electrons. The molecule has 0 spiro atoms. The molecule has 1 atom stereocenters. The number of carbonyl (C=O) groups excluding carboxylic acids is 1. The van der Waals surface area contributed by atoms with Crippen LogP contribution in [-0.2, 0) is 18.4 Å². The Labute approximate surface area is 134 Å². The van der Waals surface area contributed by atoms with E-state index in [1.807, 2.05) is 37.9 Å². The van der Waals surface area contributed by atoms with Gasteiger partial charge in [0.2, 0.25) is 5.91 Å². The van der Waals surface area contributed by atoms with E-state index < -0.39 is 0 Å². The van der Waals surface area contributed by atoms with Gasteiger partial charge in [-0.25, -0.2) is 4.98 Å². The standard InChI is InChI=1S/C15H21N7O/c1-11-14-13(20(3)18-11)9-22(19-14)12(2)15(23)17-5-4-7-21-8-6-16-10-21/h6,8-10,12H,4-5,7H2,1-3H3,(H,17,23)/t12-/m1/s1. The molecule has 3 rings (SSSR count). The van der Waals surface area contributed by atoms with Gasteiger partial charge in [-0.3, -0.25) is 14.2 Å². The van der Waals surface area contributed by atoms with Crippen LogP contribution in [0, 0.1) is 6.92 Å². The summed E-state index contributed by atoms with van der Waals surface area (Å²) in [6, 6.07) is -0.352. The van der Waals surface area contributed by atoms with Crippen molar-refractivity contribution in [2.24, 2.45) is 7.05 Å². The van der Waals surface area contributed by atoms with Gasteiger partial charge in [0.15, 0.2) is 0 Å². The van der Waals surface area contributed by atoms with Crippen LogP contribution in [0.3, 0.4) is 0 Å². The summed E-state index contributed by atoms with van der Waals surface area (Å²) in [5.41, 5.74) is 2.64. The van der Waals surface area contributed by atoms with Crippen molar-refractivity contribution < 1.29 is 4.79 Å². The second-order valence-corrected chi connectivity index (χ2v) is 5.67. The lowest BCUT2D eigenvalue weighted by atomic mass is 10.3. The molecule has 8 heteroatoms. The molecule has 3 heterocycles. The van der Waals surface area contributed by atoms with Crippen molar-refractivity contribution >= 4 is 16.9 Å². The largest absolute Gasteiger partial charge is 0.354 e. The summed E-state index contributed by atoms with van der Waals surface area (Å²) in [6.07, 6.45) is 8.16. The second-order valence-electron chi connectivity index (χ2n) is 5.67. The van der Waals surface area contributed by atoms with Crippen LogP contribution in [0.4, 0.5) is 0 Å². The number of amides is 1. The lowest BCUT2D eigenvalue weighted by Crippen LogP contribution is -2.32. The van der Waals surface area contributed by atoms with Gasteiger partial charge in [0.25, 0.3) is 0 Å². The summed E-state index contributed by atoms with van der Waals surface area (Å²) >= 11 is 0. The third-order valence-corrected chi connectivity index (χ3v) is 3.93. The van der Waals surface area contributed by atoms with Crippen molar-refractivity contribution in [2.75, 3.05) is 6.54 Å². The summed E-state index contributed by atoms with van der Waals surface area (Å²) in [5, 5.41) is 11.7. The molecule has 0 fully saturated rings. The van der Waals surface area contributed by atoms with Crippen molar-refractivity contribution in [3.8, 4) is 0 Å². The van der Waals surface area contributed by atoms with Crippen molar-refractivity contribution in [2.45, 2.75) is 32.9 Å². The van der Waals surface area contributed by atoms with E-state index in [4.69, 9.17) is 0 Å². The molecule has 122 valence electrons. The van der Waals surface area contributed by atoms with Crippen LogP contribution >= 0.6 is 0 Å². The van der Waals surface area contributed by atoms with Gasteiger partial charge < -0.3 is 9.88 Å². The van der Waals surface area contributed by atoms with Gasteiger partial charge in [0, 0.05) is 32.5 Å². The highest BCUT2D eigenvalue weighted by Gasteiger charge is 2.18. The Morgan fingerprint density at radius 2 is 2.22 bits per heavy atom. The Balaban J connectivity index is 1.56.